The van der Waals surface area contributed by atoms with E-state index in [2.05, 4.69) is 53.9 Å². The molecule has 0 radical (unpaired) electrons. The summed E-state index contributed by atoms with van der Waals surface area (Å²) in [4.78, 5) is 18.7. The smallest absolute Gasteiger partial charge is 0.227 e. The molecule has 0 spiro atoms. The number of aromatic nitrogens is 1. The van der Waals surface area contributed by atoms with Gasteiger partial charge in [-0.1, -0.05) is 26.0 Å². The third-order valence-corrected chi connectivity index (χ3v) is 6.54. The van der Waals surface area contributed by atoms with E-state index < -0.39 is 0 Å². The molecule has 1 aromatic heterocycles. The van der Waals surface area contributed by atoms with Gasteiger partial charge in [-0.25, -0.2) is 0 Å². The molecule has 6 nitrogen and oxygen atoms in total. The van der Waals surface area contributed by atoms with Crippen molar-refractivity contribution in [3.63, 3.8) is 0 Å². The molecular formula is C25H34N4O2. The Hall–Kier alpha value is -2.44. The van der Waals surface area contributed by atoms with E-state index in [0.29, 0.717) is 36.9 Å². The van der Waals surface area contributed by atoms with Gasteiger partial charge in [-0.3, -0.25) is 20.6 Å². The number of nitrogens with zero attached hydrogens (tertiary/aromatic N) is 2. The molecule has 1 aromatic carbocycles. The van der Waals surface area contributed by atoms with Crippen LogP contribution in [-0.2, 0) is 11.2 Å². The fourth-order valence-electron chi connectivity index (χ4n) is 4.55. The molecule has 2 aliphatic heterocycles. The molecule has 2 N–H and O–H groups in total. The van der Waals surface area contributed by atoms with E-state index in [1.807, 2.05) is 17.0 Å². The van der Waals surface area contributed by atoms with Gasteiger partial charge in [0.15, 0.2) is 0 Å². The van der Waals surface area contributed by atoms with Crippen LogP contribution in [0.4, 0.5) is 0 Å². The number of hydrazine groups is 1. The van der Waals surface area contributed by atoms with Crippen LogP contribution in [0.3, 0.4) is 0 Å². The molecule has 3 atom stereocenters. The number of ether oxygens (including phenoxy) is 1. The number of carbonyl (C=O) groups excluding carboxylic acids is 1. The summed E-state index contributed by atoms with van der Waals surface area (Å²) in [5, 5.41) is 0. The Morgan fingerprint density at radius 1 is 1.16 bits per heavy atom. The minimum Gasteiger partial charge on any atom is -0.494 e. The fourth-order valence-corrected chi connectivity index (χ4v) is 4.55. The largest absolute Gasteiger partial charge is 0.494 e. The summed E-state index contributed by atoms with van der Waals surface area (Å²) in [6.45, 7) is 6.80. The first-order chi connectivity index (χ1) is 15.1. The Bertz CT molecular complexity index is 840. The van der Waals surface area contributed by atoms with Crippen LogP contribution in [0.15, 0.2) is 48.8 Å². The maximum atomic E-state index is 12.6. The van der Waals surface area contributed by atoms with E-state index in [-0.39, 0.29) is 5.91 Å². The number of pyridine rings is 1. The van der Waals surface area contributed by atoms with Crippen molar-refractivity contribution in [2.45, 2.75) is 57.5 Å². The van der Waals surface area contributed by atoms with Gasteiger partial charge in [0.25, 0.3) is 0 Å². The summed E-state index contributed by atoms with van der Waals surface area (Å²) in [6.07, 6.45) is 7.05. The van der Waals surface area contributed by atoms with Gasteiger partial charge < -0.3 is 9.64 Å². The average molecular weight is 423 g/mol. The van der Waals surface area contributed by atoms with E-state index in [1.165, 1.54) is 5.56 Å². The molecule has 0 bridgehead atoms. The second-order valence-corrected chi connectivity index (χ2v) is 9.11. The van der Waals surface area contributed by atoms with Gasteiger partial charge in [0.2, 0.25) is 5.91 Å². The molecule has 1 amide bonds. The molecule has 0 aliphatic carbocycles. The van der Waals surface area contributed by atoms with Gasteiger partial charge in [0.05, 0.1) is 13.0 Å². The Kier molecular flexibility index (Phi) is 7.20. The number of hydrogen-bond acceptors (Lipinski definition) is 5. The highest BCUT2D eigenvalue weighted by Gasteiger charge is 2.35. The predicted octanol–water partition coefficient (Wildman–Crippen LogP) is 3.30. The average Bonchev–Trinajstić information content (AvgIpc) is 3.45. The van der Waals surface area contributed by atoms with Crippen molar-refractivity contribution < 1.29 is 9.53 Å². The van der Waals surface area contributed by atoms with Crippen LogP contribution in [0.5, 0.6) is 5.75 Å². The number of amides is 1. The summed E-state index contributed by atoms with van der Waals surface area (Å²) in [5.41, 5.74) is 9.28. The SMILES string of the molecule is CC(C)c1ccc(OCCC2CC(C3CCN(C(=O)Cc4ccncc4)C3)NN2)cc1. The zero-order chi connectivity index (χ0) is 21.6. The lowest BCUT2D eigenvalue weighted by atomic mass is 9.94. The monoisotopic (exact) mass is 422 g/mol. The lowest BCUT2D eigenvalue weighted by Gasteiger charge is -2.20. The number of benzene rings is 1. The Balaban J connectivity index is 1.17. The van der Waals surface area contributed by atoms with Crippen LogP contribution >= 0.6 is 0 Å². The van der Waals surface area contributed by atoms with Gasteiger partial charge in [0.1, 0.15) is 5.75 Å². The maximum Gasteiger partial charge on any atom is 0.227 e. The van der Waals surface area contributed by atoms with E-state index in [0.717, 1.165) is 43.7 Å². The minimum absolute atomic E-state index is 0.216. The van der Waals surface area contributed by atoms with Gasteiger partial charge in [-0.15, -0.1) is 0 Å². The van der Waals surface area contributed by atoms with Crippen LogP contribution in [0.2, 0.25) is 0 Å². The highest BCUT2D eigenvalue weighted by Crippen LogP contribution is 2.26. The molecule has 31 heavy (non-hydrogen) atoms. The second-order valence-electron chi connectivity index (χ2n) is 9.11. The van der Waals surface area contributed by atoms with Crippen LogP contribution in [0, 0.1) is 5.92 Å². The normalized spacial score (nSPS) is 23.5. The molecule has 4 rings (SSSR count). The first kappa shape index (κ1) is 21.8. The van der Waals surface area contributed by atoms with Crippen molar-refractivity contribution in [3.05, 3.63) is 59.9 Å². The Morgan fingerprint density at radius 2 is 1.94 bits per heavy atom. The first-order valence-electron chi connectivity index (χ1n) is 11.5. The van der Waals surface area contributed by atoms with Crippen LogP contribution in [0.25, 0.3) is 0 Å². The highest BCUT2D eigenvalue weighted by atomic mass is 16.5. The lowest BCUT2D eigenvalue weighted by molar-refractivity contribution is -0.129. The molecule has 2 fully saturated rings. The molecule has 0 saturated carbocycles. The van der Waals surface area contributed by atoms with Crippen molar-refractivity contribution in [2.75, 3.05) is 19.7 Å². The number of carbonyl (C=O) groups is 1. The lowest BCUT2D eigenvalue weighted by Crippen LogP contribution is -2.39. The Morgan fingerprint density at radius 3 is 2.68 bits per heavy atom. The molecule has 2 saturated heterocycles. The highest BCUT2D eigenvalue weighted by molar-refractivity contribution is 5.79. The molecule has 3 unspecified atom stereocenters. The summed E-state index contributed by atoms with van der Waals surface area (Å²) in [5.74, 6) is 2.19. The summed E-state index contributed by atoms with van der Waals surface area (Å²) >= 11 is 0. The predicted molar refractivity (Wildman–Crippen MR) is 122 cm³/mol. The molecule has 166 valence electrons. The van der Waals surface area contributed by atoms with E-state index in [1.54, 1.807) is 12.4 Å². The summed E-state index contributed by atoms with van der Waals surface area (Å²) in [6, 6.07) is 13.1. The second kappa shape index (κ2) is 10.2. The van der Waals surface area contributed by atoms with Crippen LogP contribution in [-0.4, -0.2) is 47.6 Å². The number of hydrogen-bond donors (Lipinski definition) is 2. The number of nitrogens with one attached hydrogen (secondary N) is 2. The fraction of sp³-hybridized carbons (Fsp3) is 0.520. The zero-order valence-corrected chi connectivity index (χ0v) is 18.6. The van der Waals surface area contributed by atoms with Gasteiger partial charge in [-0.2, -0.15) is 0 Å². The maximum absolute atomic E-state index is 12.6. The first-order valence-corrected chi connectivity index (χ1v) is 11.5. The quantitative estimate of drug-likeness (QED) is 0.683. The summed E-state index contributed by atoms with van der Waals surface area (Å²) < 4.78 is 5.94. The van der Waals surface area contributed by atoms with E-state index in [4.69, 9.17) is 4.74 Å². The summed E-state index contributed by atoms with van der Waals surface area (Å²) in [7, 11) is 0. The van der Waals surface area contributed by atoms with E-state index >= 15 is 0 Å². The minimum atomic E-state index is 0.216. The molecule has 2 aromatic rings. The topological polar surface area (TPSA) is 66.5 Å². The molecule has 6 heteroatoms. The Labute approximate surface area is 185 Å². The number of rotatable bonds is 8. The van der Waals surface area contributed by atoms with Gasteiger partial charge >= 0.3 is 0 Å². The van der Waals surface area contributed by atoms with Crippen molar-refractivity contribution >= 4 is 5.91 Å². The van der Waals surface area contributed by atoms with Gasteiger partial charge in [0, 0.05) is 37.6 Å². The van der Waals surface area contributed by atoms with Crippen molar-refractivity contribution in [1.82, 2.24) is 20.7 Å². The third kappa shape index (κ3) is 5.83. The molecule has 2 aliphatic rings. The van der Waals surface area contributed by atoms with Crippen LogP contribution in [0.1, 0.15) is 50.2 Å². The molecular weight excluding hydrogens is 388 g/mol. The number of likely N-dealkylation sites (tertiary alicyclic amines) is 1. The standard InChI is InChI=1S/C25H34N4O2/c1-18(2)20-3-5-23(6-4-20)31-14-10-22-16-24(28-27-22)21-9-13-29(17-21)25(30)15-19-7-11-26-12-8-19/h3-8,11-12,18,21-22,24,27-28H,9-10,13-17H2,1-2H3. The molecule has 3 heterocycles. The van der Waals surface area contributed by atoms with Crippen molar-refractivity contribution in [2.24, 2.45) is 5.92 Å². The van der Waals surface area contributed by atoms with Gasteiger partial charge in [-0.05, 0) is 66.5 Å². The third-order valence-electron chi connectivity index (χ3n) is 6.54. The van der Waals surface area contributed by atoms with Crippen molar-refractivity contribution in [3.8, 4) is 5.75 Å². The van der Waals surface area contributed by atoms with Crippen molar-refractivity contribution in [1.29, 1.82) is 0 Å². The van der Waals surface area contributed by atoms with Crippen LogP contribution < -0.4 is 15.6 Å². The zero-order valence-electron chi connectivity index (χ0n) is 18.6. The van der Waals surface area contributed by atoms with E-state index in [9.17, 15) is 4.79 Å².